The van der Waals surface area contributed by atoms with Gasteiger partial charge in [0.05, 0.1) is 10.5 Å². The number of benzene rings is 1. The molecule has 4 nitrogen and oxygen atoms in total. The van der Waals surface area contributed by atoms with Crippen molar-refractivity contribution in [3.63, 3.8) is 0 Å². The number of rotatable bonds is 2. The third kappa shape index (κ3) is 3.13. The van der Waals surface area contributed by atoms with Crippen molar-refractivity contribution in [2.75, 3.05) is 33.2 Å². The summed E-state index contributed by atoms with van der Waals surface area (Å²) in [6.07, 6.45) is 0. The van der Waals surface area contributed by atoms with Gasteiger partial charge >= 0.3 is 0 Å². The maximum absolute atomic E-state index is 13.2. The predicted octanol–water partition coefficient (Wildman–Crippen LogP) is 1.30. The number of carbonyl (C=O) groups excluding carboxylic acids is 1. The smallest absolute Gasteiger partial charge is 0.254 e. The summed E-state index contributed by atoms with van der Waals surface area (Å²) in [6, 6.07) is 4.33. The van der Waals surface area contributed by atoms with Gasteiger partial charge in [-0.2, -0.15) is 0 Å². The second-order valence-electron chi connectivity index (χ2n) is 4.78. The average Bonchev–Trinajstić information content (AvgIpc) is 2.41. The lowest BCUT2D eigenvalue weighted by atomic mass is 10.1. The maximum Gasteiger partial charge on any atom is 0.254 e. The number of piperazine rings is 1. The van der Waals surface area contributed by atoms with Crippen molar-refractivity contribution in [1.29, 1.82) is 0 Å². The first kappa shape index (κ1) is 14.4. The standard InChI is InChI=1S/C13H17BrFN3O/c1-17-4-5-18(10(7-16)8-17)13(19)9-2-3-12(15)11(14)6-9/h2-3,6,10H,4-5,7-8,16H2,1H3. The molecule has 2 rings (SSSR count). The molecule has 104 valence electrons. The van der Waals surface area contributed by atoms with Crippen LogP contribution in [0.1, 0.15) is 10.4 Å². The van der Waals surface area contributed by atoms with E-state index >= 15 is 0 Å². The fraction of sp³-hybridized carbons (Fsp3) is 0.462. The molecule has 1 aromatic rings. The second-order valence-corrected chi connectivity index (χ2v) is 5.63. The minimum Gasteiger partial charge on any atom is -0.332 e. The van der Waals surface area contributed by atoms with E-state index in [2.05, 4.69) is 20.8 Å². The van der Waals surface area contributed by atoms with Gasteiger partial charge in [-0.15, -0.1) is 0 Å². The van der Waals surface area contributed by atoms with Crippen LogP contribution < -0.4 is 5.73 Å². The van der Waals surface area contributed by atoms with Gasteiger partial charge in [0.2, 0.25) is 0 Å². The van der Waals surface area contributed by atoms with Crippen LogP contribution in [-0.2, 0) is 0 Å². The van der Waals surface area contributed by atoms with Crippen LogP contribution in [0.2, 0.25) is 0 Å². The predicted molar refractivity (Wildman–Crippen MR) is 75.5 cm³/mol. The van der Waals surface area contributed by atoms with Gasteiger partial charge in [-0.05, 0) is 41.2 Å². The Morgan fingerprint density at radius 3 is 2.89 bits per heavy atom. The summed E-state index contributed by atoms with van der Waals surface area (Å²) in [4.78, 5) is 16.4. The third-order valence-corrected chi connectivity index (χ3v) is 3.99. The van der Waals surface area contributed by atoms with Crippen molar-refractivity contribution in [2.45, 2.75) is 6.04 Å². The van der Waals surface area contributed by atoms with Gasteiger partial charge < -0.3 is 15.5 Å². The Labute approximate surface area is 120 Å². The van der Waals surface area contributed by atoms with E-state index in [-0.39, 0.29) is 17.8 Å². The summed E-state index contributed by atoms with van der Waals surface area (Å²) in [6.45, 7) is 2.67. The summed E-state index contributed by atoms with van der Waals surface area (Å²) < 4.78 is 13.5. The Hall–Kier alpha value is -0.980. The zero-order valence-electron chi connectivity index (χ0n) is 10.8. The molecule has 0 aromatic heterocycles. The first-order chi connectivity index (χ1) is 9.02. The Balaban J connectivity index is 2.20. The molecule has 1 fully saturated rings. The average molecular weight is 330 g/mol. The van der Waals surface area contributed by atoms with Crippen molar-refractivity contribution in [3.05, 3.63) is 34.1 Å². The molecule has 1 aliphatic rings. The summed E-state index contributed by atoms with van der Waals surface area (Å²) >= 11 is 3.10. The van der Waals surface area contributed by atoms with Crippen molar-refractivity contribution in [2.24, 2.45) is 5.73 Å². The highest BCUT2D eigenvalue weighted by Gasteiger charge is 2.28. The van der Waals surface area contributed by atoms with Crippen LogP contribution >= 0.6 is 15.9 Å². The van der Waals surface area contributed by atoms with Crippen LogP contribution in [0.15, 0.2) is 22.7 Å². The Kier molecular flexibility index (Phi) is 4.54. The largest absolute Gasteiger partial charge is 0.332 e. The quantitative estimate of drug-likeness (QED) is 0.889. The van der Waals surface area contributed by atoms with Crippen LogP contribution in [0.3, 0.4) is 0 Å². The summed E-state index contributed by atoms with van der Waals surface area (Å²) in [5.74, 6) is -0.463. The molecular formula is C13H17BrFN3O. The molecular weight excluding hydrogens is 313 g/mol. The lowest BCUT2D eigenvalue weighted by Crippen LogP contribution is -2.56. The molecule has 1 aromatic carbocycles. The topological polar surface area (TPSA) is 49.6 Å². The normalized spacial score (nSPS) is 20.6. The van der Waals surface area contributed by atoms with Gasteiger partial charge in [-0.1, -0.05) is 0 Å². The molecule has 0 aliphatic carbocycles. The highest BCUT2D eigenvalue weighted by Crippen LogP contribution is 2.19. The van der Waals surface area contributed by atoms with E-state index < -0.39 is 0 Å². The Morgan fingerprint density at radius 1 is 1.53 bits per heavy atom. The van der Waals surface area contributed by atoms with Crippen LogP contribution in [0.4, 0.5) is 4.39 Å². The number of nitrogens with two attached hydrogens (primary N) is 1. The summed E-state index contributed by atoms with van der Waals surface area (Å²) in [5, 5.41) is 0. The van der Waals surface area contributed by atoms with Crippen molar-refractivity contribution >= 4 is 21.8 Å². The van der Waals surface area contributed by atoms with E-state index in [9.17, 15) is 9.18 Å². The Bertz CT molecular complexity index is 483. The van der Waals surface area contributed by atoms with E-state index in [1.165, 1.54) is 18.2 Å². The SMILES string of the molecule is CN1CCN(C(=O)c2ccc(F)c(Br)c2)C(CN)C1. The van der Waals surface area contributed by atoms with E-state index in [4.69, 9.17) is 5.73 Å². The van der Waals surface area contributed by atoms with Gasteiger partial charge in [-0.25, -0.2) is 4.39 Å². The summed E-state index contributed by atoms with van der Waals surface area (Å²) in [5.41, 5.74) is 6.22. The molecule has 1 amide bonds. The van der Waals surface area contributed by atoms with Crippen LogP contribution in [0.25, 0.3) is 0 Å². The van der Waals surface area contributed by atoms with Crippen LogP contribution in [0, 0.1) is 5.82 Å². The molecule has 1 unspecified atom stereocenters. The van der Waals surface area contributed by atoms with Crippen molar-refractivity contribution < 1.29 is 9.18 Å². The number of hydrogen-bond acceptors (Lipinski definition) is 3. The van der Waals surface area contributed by atoms with E-state index in [1.807, 2.05) is 7.05 Å². The molecule has 0 spiro atoms. The third-order valence-electron chi connectivity index (χ3n) is 3.39. The number of nitrogens with zero attached hydrogens (tertiary/aromatic N) is 2. The van der Waals surface area contributed by atoms with E-state index in [0.29, 0.717) is 23.1 Å². The zero-order chi connectivity index (χ0) is 14.0. The lowest BCUT2D eigenvalue weighted by molar-refractivity contribution is 0.0516. The van der Waals surface area contributed by atoms with E-state index in [0.717, 1.165) is 13.1 Å². The molecule has 1 aliphatic heterocycles. The number of carbonyl (C=O) groups is 1. The van der Waals surface area contributed by atoms with Gasteiger partial charge in [0.25, 0.3) is 5.91 Å². The van der Waals surface area contributed by atoms with Crippen molar-refractivity contribution in [1.82, 2.24) is 9.80 Å². The van der Waals surface area contributed by atoms with Gasteiger partial charge in [0, 0.05) is 31.7 Å². The minimum absolute atomic E-state index is 0.00933. The molecule has 0 radical (unpaired) electrons. The number of halogens is 2. The molecule has 0 saturated carbocycles. The monoisotopic (exact) mass is 329 g/mol. The fourth-order valence-corrected chi connectivity index (χ4v) is 2.65. The van der Waals surface area contributed by atoms with E-state index in [1.54, 1.807) is 4.90 Å². The molecule has 1 atom stereocenters. The highest BCUT2D eigenvalue weighted by atomic mass is 79.9. The minimum atomic E-state index is -0.370. The molecule has 1 heterocycles. The molecule has 1 saturated heterocycles. The Morgan fingerprint density at radius 2 is 2.26 bits per heavy atom. The molecule has 19 heavy (non-hydrogen) atoms. The van der Waals surface area contributed by atoms with Crippen LogP contribution in [-0.4, -0.2) is 55.0 Å². The first-order valence-electron chi connectivity index (χ1n) is 6.17. The fourth-order valence-electron chi connectivity index (χ4n) is 2.27. The first-order valence-corrected chi connectivity index (χ1v) is 6.97. The highest BCUT2D eigenvalue weighted by molar-refractivity contribution is 9.10. The zero-order valence-corrected chi connectivity index (χ0v) is 12.4. The van der Waals surface area contributed by atoms with Crippen LogP contribution in [0.5, 0.6) is 0 Å². The molecule has 0 bridgehead atoms. The summed E-state index contributed by atoms with van der Waals surface area (Å²) in [7, 11) is 2.01. The lowest BCUT2D eigenvalue weighted by Gasteiger charge is -2.39. The van der Waals surface area contributed by atoms with Crippen molar-refractivity contribution in [3.8, 4) is 0 Å². The number of hydrogen-bond donors (Lipinski definition) is 1. The molecule has 6 heteroatoms. The number of amides is 1. The van der Waals surface area contributed by atoms with Gasteiger partial charge in [-0.3, -0.25) is 4.79 Å². The molecule has 2 N–H and O–H groups in total. The van der Waals surface area contributed by atoms with Gasteiger partial charge in [0.15, 0.2) is 0 Å². The van der Waals surface area contributed by atoms with Gasteiger partial charge in [0.1, 0.15) is 5.82 Å². The number of likely N-dealkylation sites (N-methyl/N-ethyl adjacent to an activating group) is 1. The maximum atomic E-state index is 13.2. The second kappa shape index (κ2) is 5.98.